The lowest BCUT2D eigenvalue weighted by atomic mass is 10.0. The minimum atomic E-state index is -3.74. The maximum atomic E-state index is 13.6. The number of aliphatic carboxylic acids is 1. The molecule has 9 heteroatoms. The van der Waals surface area contributed by atoms with Crippen molar-refractivity contribution in [2.24, 2.45) is 5.92 Å². The monoisotopic (exact) mass is 376 g/mol. The Kier molecular flexibility index (Phi) is 7.54. The Bertz CT molecular complexity index is 708. The van der Waals surface area contributed by atoms with Crippen LogP contribution in [0.4, 0.5) is 14.5 Å². The molecule has 1 aliphatic rings. The normalized spacial score (nSPS) is 16.8. The van der Waals surface area contributed by atoms with E-state index in [0.717, 1.165) is 0 Å². The number of hydrogen-bond donors (Lipinski definition) is 1. The molecule has 0 aromatic carbocycles. The molecule has 0 bridgehead atoms. The smallest absolute Gasteiger partial charge is 0.374 e. The third kappa shape index (κ3) is 4.36. The lowest BCUT2D eigenvalue weighted by Gasteiger charge is -2.21. The third-order valence-corrected chi connectivity index (χ3v) is 3.82. The third-order valence-electron chi connectivity index (χ3n) is 3.64. The van der Waals surface area contributed by atoms with Gasteiger partial charge in [0.15, 0.2) is 10.8 Å². The molecule has 1 fully saturated rings. The van der Waals surface area contributed by atoms with Gasteiger partial charge in [0, 0.05) is 31.5 Å². The Labute approximate surface area is 150 Å². The molecule has 1 aliphatic heterocycles. The van der Waals surface area contributed by atoms with Crippen molar-refractivity contribution in [2.75, 3.05) is 18.0 Å². The molecular weight excluding hydrogens is 354 g/mol. The first-order chi connectivity index (χ1) is 11.9. The van der Waals surface area contributed by atoms with Crippen LogP contribution in [0.5, 0.6) is 0 Å². The van der Waals surface area contributed by atoms with Crippen molar-refractivity contribution in [3.8, 4) is 0 Å². The zero-order valence-electron chi connectivity index (χ0n) is 14.7. The first-order valence-electron chi connectivity index (χ1n) is 8.25. The quantitative estimate of drug-likeness (QED) is 0.877. The Hall–Kier alpha value is -1.96. The molecule has 0 saturated carbocycles. The molecule has 1 atom stereocenters. The van der Waals surface area contributed by atoms with Crippen LogP contribution in [0.2, 0.25) is 5.15 Å². The van der Waals surface area contributed by atoms with E-state index in [1.54, 1.807) is 17.2 Å². The molecule has 140 valence electrons. The van der Waals surface area contributed by atoms with Crippen molar-refractivity contribution in [1.29, 1.82) is 0 Å². The summed E-state index contributed by atoms with van der Waals surface area (Å²) in [5, 5.41) is 12.9. The van der Waals surface area contributed by atoms with Crippen LogP contribution in [0, 0.1) is 5.92 Å². The van der Waals surface area contributed by atoms with E-state index in [9.17, 15) is 13.6 Å². The summed E-state index contributed by atoms with van der Waals surface area (Å²) in [6.07, 6.45) is 3.22. The van der Waals surface area contributed by atoms with Crippen LogP contribution in [-0.4, -0.2) is 44.7 Å². The van der Waals surface area contributed by atoms with Crippen molar-refractivity contribution in [3.63, 3.8) is 0 Å². The van der Waals surface area contributed by atoms with Crippen molar-refractivity contribution in [2.45, 2.75) is 40.0 Å². The summed E-state index contributed by atoms with van der Waals surface area (Å²) in [7, 11) is 0. The number of alkyl halides is 2. The number of carbonyl (C=O) groups is 1. The fourth-order valence-corrected chi connectivity index (χ4v) is 2.74. The summed E-state index contributed by atoms with van der Waals surface area (Å²) in [5.74, 6) is -7.07. The SMILES string of the molecule is CC.CC.O=C(O)C(F)(F)C1CCN(c2cc(Cl)nn3ccnc23)C1. The highest BCUT2D eigenvalue weighted by Crippen LogP contribution is 2.36. The average molecular weight is 377 g/mol. The van der Waals surface area contributed by atoms with Gasteiger partial charge in [0.05, 0.1) is 11.6 Å². The Morgan fingerprint density at radius 2 is 2.00 bits per heavy atom. The molecule has 6 nitrogen and oxygen atoms in total. The minimum Gasteiger partial charge on any atom is -0.477 e. The van der Waals surface area contributed by atoms with Crippen LogP contribution < -0.4 is 4.90 Å². The summed E-state index contributed by atoms with van der Waals surface area (Å²) in [6.45, 7) is 8.25. The largest absolute Gasteiger partial charge is 0.477 e. The van der Waals surface area contributed by atoms with E-state index in [1.165, 1.54) is 10.7 Å². The molecular formula is C16H23ClF2N4O2. The van der Waals surface area contributed by atoms with Crippen molar-refractivity contribution >= 4 is 28.9 Å². The first kappa shape index (κ1) is 21.1. The topological polar surface area (TPSA) is 70.7 Å². The van der Waals surface area contributed by atoms with Crippen LogP contribution in [0.1, 0.15) is 34.1 Å². The summed E-state index contributed by atoms with van der Waals surface area (Å²) in [6, 6.07) is 1.55. The number of carboxylic acid groups (broad SMARTS) is 1. The highest BCUT2D eigenvalue weighted by Gasteiger charge is 2.50. The van der Waals surface area contributed by atoms with E-state index in [4.69, 9.17) is 16.7 Å². The predicted molar refractivity (Wildman–Crippen MR) is 93.6 cm³/mol. The highest BCUT2D eigenvalue weighted by atomic mass is 35.5. The molecule has 3 rings (SSSR count). The Morgan fingerprint density at radius 3 is 2.60 bits per heavy atom. The molecule has 0 spiro atoms. The van der Waals surface area contributed by atoms with Crippen LogP contribution in [0.15, 0.2) is 18.5 Å². The summed E-state index contributed by atoms with van der Waals surface area (Å²) in [4.78, 5) is 16.4. The van der Waals surface area contributed by atoms with Gasteiger partial charge >= 0.3 is 11.9 Å². The maximum absolute atomic E-state index is 13.6. The maximum Gasteiger partial charge on any atom is 0.374 e. The average Bonchev–Trinajstić information content (AvgIpc) is 3.27. The number of aromatic nitrogens is 3. The van der Waals surface area contributed by atoms with Gasteiger partial charge in [0.2, 0.25) is 0 Å². The molecule has 0 amide bonds. The van der Waals surface area contributed by atoms with Crippen molar-refractivity contribution < 1.29 is 18.7 Å². The van der Waals surface area contributed by atoms with E-state index in [0.29, 0.717) is 17.9 Å². The Balaban J connectivity index is 0.000000730. The molecule has 3 heterocycles. The second-order valence-electron chi connectivity index (χ2n) is 4.91. The fraction of sp³-hybridized carbons (Fsp3) is 0.562. The fourth-order valence-electron chi connectivity index (χ4n) is 2.55. The van der Waals surface area contributed by atoms with Gasteiger partial charge in [-0.1, -0.05) is 39.3 Å². The van der Waals surface area contributed by atoms with E-state index in [-0.39, 0.29) is 18.1 Å². The molecule has 0 radical (unpaired) electrons. The molecule has 2 aromatic heterocycles. The van der Waals surface area contributed by atoms with E-state index in [1.807, 2.05) is 27.7 Å². The van der Waals surface area contributed by atoms with Gasteiger partial charge in [-0.05, 0) is 6.42 Å². The van der Waals surface area contributed by atoms with Gasteiger partial charge in [-0.25, -0.2) is 14.3 Å². The lowest BCUT2D eigenvalue weighted by molar-refractivity contribution is -0.172. The zero-order valence-corrected chi connectivity index (χ0v) is 15.5. The van der Waals surface area contributed by atoms with Crippen LogP contribution in [-0.2, 0) is 4.79 Å². The molecule has 0 aliphatic carbocycles. The first-order valence-corrected chi connectivity index (χ1v) is 8.63. The molecule has 1 saturated heterocycles. The van der Waals surface area contributed by atoms with Gasteiger partial charge in [-0.2, -0.15) is 13.9 Å². The summed E-state index contributed by atoms with van der Waals surface area (Å²) >= 11 is 5.91. The van der Waals surface area contributed by atoms with E-state index >= 15 is 0 Å². The van der Waals surface area contributed by atoms with Crippen LogP contribution in [0.25, 0.3) is 5.65 Å². The lowest BCUT2D eigenvalue weighted by Crippen LogP contribution is -2.38. The van der Waals surface area contributed by atoms with Gasteiger partial charge < -0.3 is 10.0 Å². The van der Waals surface area contributed by atoms with Crippen molar-refractivity contribution in [1.82, 2.24) is 14.6 Å². The number of nitrogens with zero attached hydrogens (tertiary/aromatic N) is 4. The molecule has 1 N–H and O–H groups in total. The van der Waals surface area contributed by atoms with Gasteiger partial charge in [0.25, 0.3) is 0 Å². The summed E-state index contributed by atoms with van der Waals surface area (Å²) < 4.78 is 28.6. The number of hydrogen-bond acceptors (Lipinski definition) is 4. The Morgan fingerprint density at radius 1 is 1.36 bits per heavy atom. The molecule has 2 aromatic rings. The highest BCUT2D eigenvalue weighted by molar-refractivity contribution is 6.29. The number of imidazole rings is 1. The van der Waals surface area contributed by atoms with Crippen LogP contribution in [0.3, 0.4) is 0 Å². The zero-order chi connectivity index (χ0) is 19.2. The number of fused-ring (bicyclic) bond motifs is 1. The minimum absolute atomic E-state index is 0.0673. The predicted octanol–water partition coefficient (Wildman–Crippen LogP) is 3.98. The second kappa shape index (κ2) is 8.94. The van der Waals surface area contributed by atoms with Gasteiger partial charge in [-0.3, -0.25) is 0 Å². The van der Waals surface area contributed by atoms with E-state index in [2.05, 4.69) is 10.1 Å². The standard InChI is InChI=1S/C12H11ClF2N4O2.2C2H6/c13-9-5-8(10-16-2-4-19(10)17-9)18-3-1-7(6-18)12(14,15)11(20)21;2*1-2/h2,4-5,7H,1,3,6H2,(H,20,21);2*1-2H3. The summed E-state index contributed by atoms with van der Waals surface area (Å²) in [5.41, 5.74) is 1.07. The molecule has 1 unspecified atom stereocenters. The number of halogens is 3. The van der Waals surface area contributed by atoms with E-state index < -0.39 is 17.8 Å². The van der Waals surface area contributed by atoms with Crippen molar-refractivity contribution in [3.05, 3.63) is 23.6 Å². The number of rotatable bonds is 3. The van der Waals surface area contributed by atoms with Gasteiger partial charge in [-0.15, -0.1) is 0 Å². The number of carboxylic acids is 1. The molecule has 25 heavy (non-hydrogen) atoms. The van der Waals surface area contributed by atoms with Crippen LogP contribution >= 0.6 is 11.6 Å². The second-order valence-corrected chi connectivity index (χ2v) is 5.29. The van der Waals surface area contributed by atoms with Gasteiger partial charge in [0.1, 0.15) is 0 Å². The number of anilines is 1.